The van der Waals surface area contributed by atoms with Crippen molar-refractivity contribution in [1.82, 2.24) is 0 Å². The topological polar surface area (TPSA) is 98.6 Å². The first-order chi connectivity index (χ1) is 9.89. The van der Waals surface area contributed by atoms with E-state index in [-0.39, 0.29) is 16.8 Å². The largest absolute Gasteiger partial charge is 0.455 e. The second kappa shape index (κ2) is 3.57. The molecule has 2 aliphatic rings. The van der Waals surface area contributed by atoms with Gasteiger partial charge in [0, 0.05) is 21.8 Å². The molecule has 1 aliphatic heterocycles. The summed E-state index contributed by atoms with van der Waals surface area (Å²) in [5.74, 6) is -2.13. The van der Waals surface area contributed by atoms with Crippen LogP contribution in [0.3, 0.4) is 0 Å². The first kappa shape index (κ1) is 12.6. The summed E-state index contributed by atoms with van der Waals surface area (Å²) in [6.45, 7) is 0. The average molecular weight is 303 g/mol. The lowest BCUT2D eigenvalue weighted by Gasteiger charge is -2.29. The van der Waals surface area contributed by atoms with Crippen molar-refractivity contribution >= 4 is 23.1 Å². The van der Waals surface area contributed by atoms with Crippen LogP contribution in [0, 0.1) is 0 Å². The Balaban J connectivity index is 2.06. The summed E-state index contributed by atoms with van der Waals surface area (Å²) in [6, 6.07) is 9.55. The third-order valence-corrected chi connectivity index (χ3v) is 4.44. The molecule has 4 rings (SSSR count). The molecule has 1 heterocycles. The minimum Gasteiger partial charge on any atom is -0.455 e. The highest BCUT2D eigenvalue weighted by atomic mass is 35.5. The number of benzene rings is 2. The highest BCUT2D eigenvalue weighted by Gasteiger charge is 2.69. The Morgan fingerprint density at radius 3 is 2.71 bits per heavy atom. The van der Waals surface area contributed by atoms with Crippen molar-refractivity contribution in [2.45, 2.75) is 11.3 Å². The van der Waals surface area contributed by atoms with Gasteiger partial charge in [0.2, 0.25) is 0 Å². The molecule has 5 nitrogen and oxygen atoms in total. The molecular weight excluding hydrogens is 292 g/mol. The van der Waals surface area contributed by atoms with Crippen molar-refractivity contribution < 1.29 is 14.6 Å². The molecule has 21 heavy (non-hydrogen) atoms. The maximum atomic E-state index is 12.8. The molecule has 2 unspecified atom stereocenters. The van der Waals surface area contributed by atoms with Crippen LogP contribution in [0.1, 0.15) is 21.5 Å². The molecule has 2 aromatic rings. The zero-order chi connectivity index (χ0) is 15.0. The predicted molar refractivity (Wildman–Crippen MR) is 77.0 cm³/mol. The molecule has 2 atom stereocenters. The van der Waals surface area contributed by atoms with Crippen LogP contribution in [-0.2, 0) is 11.3 Å². The number of Topliss-reactive ketones (excluding diaryl/α,β-unsaturated/α-hetero) is 1. The highest BCUT2D eigenvalue weighted by Crippen LogP contribution is 2.57. The molecule has 0 saturated heterocycles. The van der Waals surface area contributed by atoms with E-state index >= 15 is 0 Å². The number of carbonyl (C=O) groups excluding carboxylic acids is 1. The van der Waals surface area contributed by atoms with Crippen LogP contribution in [0.2, 0.25) is 5.02 Å². The second-order valence-corrected chi connectivity index (χ2v) is 5.73. The fourth-order valence-corrected chi connectivity index (χ4v) is 3.34. The van der Waals surface area contributed by atoms with Crippen LogP contribution >= 0.6 is 11.6 Å². The van der Waals surface area contributed by atoms with Crippen LogP contribution in [0.4, 0.5) is 5.69 Å². The summed E-state index contributed by atoms with van der Waals surface area (Å²) in [7, 11) is 0. The number of anilines is 1. The molecule has 0 radical (unpaired) electrons. The first-order valence-electron chi connectivity index (χ1n) is 6.33. The number of aliphatic hydroxyl groups is 1. The van der Waals surface area contributed by atoms with Gasteiger partial charge in [0.25, 0.3) is 5.79 Å². The molecule has 5 N–H and O–H groups in total. The molecule has 6 heteroatoms. The van der Waals surface area contributed by atoms with E-state index in [1.807, 2.05) is 0 Å². The number of halogens is 1. The normalized spacial score (nSPS) is 28.8. The van der Waals surface area contributed by atoms with Crippen LogP contribution in [0.5, 0.6) is 5.75 Å². The van der Waals surface area contributed by atoms with Gasteiger partial charge in [-0.3, -0.25) is 4.79 Å². The van der Waals surface area contributed by atoms with Gasteiger partial charge in [-0.2, -0.15) is 0 Å². The van der Waals surface area contributed by atoms with E-state index in [0.29, 0.717) is 16.3 Å². The summed E-state index contributed by atoms with van der Waals surface area (Å²) in [5.41, 5.74) is 11.6. The standard InChI is InChI=1S/C15H11ClN2O3/c16-7-4-5-8-11(6-7)21-15(20)9-2-1-3-10(17)12(9)13(19)14(8,15)18/h1-6,20H,17-18H2. The van der Waals surface area contributed by atoms with Gasteiger partial charge in [0.15, 0.2) is 11.3 Å². The number of rotatable bonds is 0. The number of ether oxygens (including phenoxy) is 1. The molecule has 2 aromatic carbocycles. The van der Waals surface area contributed by atoms with Crippen LogP contribution in [0.15, 0.2) is 36.4 Å². The van der Waals surface area contributed by atoms with Crippen LogP contribution in [-0.4, -0.2) is 10.9 Å². The van der Waals surface area contributed by atoms with Gasteiger partial charge in [0.1, 0.15) is 5.75 Å². The van der Waals surface area contributed by atoms with Gasteiger partial charge in [-0.25, -0.2) is 0 Å². The lowest BCUT2D eigenvalue weighted by atomic mass is 9.84. The average Bonchev–Trinajstić information content (AvgIpc) is 2.76. The molecule has 0 saturated carbocycles. The lowest BCUT2D eigenvalue weighted by Crippen LogP contribution is -2.55. The second-order valence-electron chi connectivity index (χ2n) is 5.29. The number of fused-ring (bicyclic) bond motifs is 5. The SMILES string of the molecule is Nc1cccc2c1C(=O)C1(N)c3ccc(Cl)cc3OC21O. The number of ketones is 1. The third-order valence-electron chi connectivity index (χ3n) is 4.21. The molecule has 1 aliphatic carbocycles. The Morgan fingerprint density at radius 2 is 1.95 bits per heavy atom. The van der Waals surface area contributed by atoms with E-state index in [2.05, 4.69) is 0 Å². The molecule has 0 amide bonds. The van der Waals surface area contributed by atoms with Crippen molar-refractivity contribution in [3.63, 3.8) is 0 Å². The van der Waals surface area contributed by atoms with E-state index in [1.54, 1.807) is 30.3 Å². The molecule has 0 aromatic heterocycles. The fourth-order valence-electron chi connectivity index (χ4n) is 3.18. The minimum atomic E-state index is -1.97. The Morgan fingerprint density at radius 1 is 1.19 bits per heavy atom. The summed E-state index contributed by atoms with van der Waals surface area (Å²) in [6.07, 6.45) is 0. The number of hydrogen-bond donors (Lipinski definition) is 3. The van der Waals surface area contributed by atoms with Gasteiger partial charge >= 0.3 is 0 Å². The van der Waals surface area contributed by atoms with E-state index in [1.165, 1.54) is 6.07 Å². The van der Waals surface area contributed by atoms with Gasteiger partial charge in [-0.1, -0.05) is 29.8 Å². The summed E-state index contributed by atoms with van der Waals surface area (Å²) in [4.78, 5) is 12.8. The predicted octanol–water partition coefficient (Wildman–Crippen LogP) is 1.51. The number of hydrogen-bond acceptors (Lipinski definition) is 5. The first-order valence-corrected chi connectivity index (χ1v) is 6.71. The molecule has 106 valence electrons. The monoisotopic (exact) mass is 302 g/mol. The molecule has 0 spiro atoms. The number of nitrogen functional groups attached to an aromatic ring is 1. The van der Waals surface area contributed by atoms with E-state index in [4.69, 9.17) is 27.8 Å². The Labute approximate surface area is 125 Å². The van der Waals surface area contributed by atoms with Crippen molar-refractivity contribution in [3.8, 4) is 5.75 Å². The highest BCUT2D eigenvalue weighted by molar-refractivity contribution is 6.30. The Kier molecular flexibility index (Phi) is 2.15. The molecule has 0 bridgehead atoms. The van der Waals surface area contributed by atoms with E-state index in [0.717, 1.165) is 0 Å². The smallest absolute Gasteiger partial charge is 0.265 e. The molecular formula is C15H11ClN2O3. The lowest BCUT2D eigenvalue weighted by molar-refractivity contribution is -0.162. The zero-order valence-electron chi connectivity index (χ0n) is 10.8. The van der Waals surface area contributed by atoms with Gasteiger partial charge < -0.3 is 21.3 Å². The zero-order valence-corrected chi connectivity index (χ0v) is 11.5. The molecule has 0 fully saturated rings. The van der Waals surface area contributed by atoms with Gasteiger partial charge in [-0.15, -0.1) is 0 Å². The van der Waals surface area contributed by atoms with Crippen LogP contribution in [0.25, 0.3) is 0 Å². The summed E-state index contributed by atoms with van der Waals surface area (Å²) in [5, 5.41) is 11.4. The maximum Gasteiger partial charge on any atom is 0.265 e. The van der Waals surface area contributed by atoms with E-state index < -0.39 is 17.1 Å². The van der Waals surface area contributed by atoms with Crippen LogP contribution < -0.4 is 16.2 Å². The summed E-state index contributed by atoms with van der Waals surface area (Å²) < 4.78 is 5.62. The Bertz CT molecular complexity index is 823. The van der Waals surface area contributed by atoms with Gasteiger partial charge in [0.05, 0.1) is 5.56 Å². The third kappa shape index (κ3) is 1.22. The van der Waals surface area contributed by atoms with Gasteiger partial charge in [-0.05, 0) is 18.2 Å². The van der Waals surface area contributed by atoms with Crippen molar-refractivity contribution in [3.05, 3.63) is 58.1 Å². The Hall–Kier alpha value is -2.08. The van der Waals surface area contributed by atoms with Crippen molar-refractivity contribution in [2.24, 2.45) is 5.73 Å². The quantitative estimate of drug-likeness (QED) is 0.641. The maximum absolute atomic E-state index is 12.8. The summed E-state index contributed by atoms with van der Waals surface area (Å²) >= 11 is 5.93. The van der Waals surface area contributed by atoms with E-state index in [9.17, 15) is 9.90 Å². The van der Waals surface area contributed by atoms with Crippen molar-refractivity contribution in [1.29, 1.82) is 0 Å². The number of nitrogens with two attached hydrogens (primary N) is 2. The number of carbonyl (C=O) groups is 1. The fraction of sp³-hybridized carbons (Fsp3) is 0.133. The van der Waals surface area contributed by atoms with Crippen molar-refractivity contribution in [2.75, 3.05) is 5.73 Å². The minimum absolute atomic E-state index is 0.211.